The van der Waals surface area contributed by atoms with Crippen LogP contribution in [-0.2, 0) is 0 Å². The molecule has 1 aliphatic carbocycles. The van der Waals surface area contributed by atoms with Crippen LogP contribution in [-0.4, -0.2) is 10.2 Å². The van der Waals surface area contributed by atoms with E-state index in [1.165, 1.54) is 19.3 Å². The van der Waals surface area contributed by atoms with Crippen molar-refractivity contribution in [2.75, 3.05) is 5.73 Å². The van der Waals surface area contributed by atoms with Gasteiger partial charge in [0.25, 0.3) is 0 Å². The lowest BCUT2D eigenvalue weighted by Gasteiger charge is -2.26. The Morgan fingerprint density at radius 1 is 1.50 bits per heavy atom. The van der Waals surface area contributed by atoms with Crippen molar-refractivity contribution >= 4 is 17.3 Å². The minimum absolute atomic E-state index is 0.333. The Morgan fingerprint density at radius 2 is 2.25 bits per heavy atom. The van der Waals surface area contributed by atoms with Crippen LogP contribution in [0.1, 0.15) is 30.7 Å². The molecule has 2 rings (SSSR count). The first kappa shape index (κ1) is 7.80. The molecule has 0 aromatic carbocycles. The zero-order valence-corrected chi connectivity index (χ0v) is 7.38. The fraction of sp³-hybridized carbons (Fsp3) is 0.500. The Bertz CT molecular complexity index is 296. The van der Waals surface area contributed by atoms with Gasteiger partial charge in [0, 0.05) is 5.56 Å². The molecule has 2 N–H and O–H groups in total. The number of aromatic nitrogens is 2. The van der Waals surface area contributed by atoms with Gasteiger partial charge in [0.2, 0.25) is 0 Å². The van der Waals surface area contributed by atoms with Crippen molar-refractivity contribution in [3.8, 4) is 0 Å². The summed E-state index contributed by atoms with van der Waals surface area (Å²) in [4.78, 5) is 0. The Morgan fingerprint density at radius 3 is 2.83 bits per heavy atom. The average molecular weight is 184 g/mol. The first-order chi connectivity index (χ1) is 5.79. The van der Waals surface area contributed by atoms with E-state index in [4.69, 9.17) is 17.3 Å². The molecule has 0 unspecified atom stereocenters. The molecule has 0 radical (unpaired) electrons. The zero-order valence-electron chi connectivity index (χ0n) is 6.63. The van der Waals surface area contributed by atoms with E-state index in [-0.39, 0.29) is 0 Å². The van der Waals surface area contributed by atoms with Crippen LogP contribution in [0.25, 0.3) is 0 Å². The zero-order chi connectivity index (χ0) is 8.55. The lowest BCUT2D eigenvalue weighted by Crippen LogP contribution is -2.12. The van der Waals surface area contributed by atoms with Crippen molar-refractivity contribution < 1.29 is 0 Å². The highest BCUT2D eigenvalue weighted by Gasteiger charge is 2.22. The third-order valence-electron chi connectivity index (χ3n) is 2.42. The normalized spacial score (nSPS) is 17.4. The molecular formula is C8H10ClN3. The van der Waals surface area contributed by atoms with Crippen LogP contribution in [0.15, 0.2) is 6.20 Å². The maximum absolute atomic E-state index is 5.76. The van der Waals surface area contributed by atoms with Crippen LogP contribution in [0.3, 0.4) is 0 Å². The van der Waals surface area contributed by atoms with E-state index in [0.717, 1.165) is 5.56 Å². The highest BCUT2D eigenvalue weighted by Crippen LogP contribution is 2.39. The lowest BCUT2D eigenvalue weighted by molar-refractivity contribution is 0.419. The maximum atomic E-state index is 5.76. The van der Waals surface area contributed by atoms with E-state index in [9.17, 15) is 0 Å². The van der Waals surface area contributed by atoms with Gasteiger partial charge >= 0.3 is 0 Å². The van der Waals surface area contributed by atoms with Gasteiger partial charge in [-0.25, -0.2) is 0 Å². The number of hydrogen-bond donors (Lipinski definition) is 1. The van der Waals surface area contributed by atoms with E-state index in [1.807, 2.05) is 0 Å². The van der Waals surface area contributed by atoms with Gasteiger partial charge < -0.3 is 5.73 Å². The molecule has 3 nitrogen and oxygen atoms in total. The van der Waals surface area contributed by atoms with Gasteiger partial charge in [-0.3, -0.25) is 0 Å². The molecule has 12 heavy (non-hydrogen) atoms. The summed E-state index contributed by atoms with van der Waals surface area (Å²) in [5.41, 5.74) is 7.44. The highest BCUT2D eigenvalue weighted by atomic mass is 35.5. The molecule has 0 amide bonds. The quantitative estimate of drug-likeness (QED) is 0.725. The topological polar surface area (TPSA) is 51.8 Å². The van der Waals surface area contributed by atoms with Crippen LogP contribution in [0.2, 0.25) is 5.15 Å². The Kier molecular flexibility index (Phi) is 1.89. The standard InChI is InChI=1S/C8H10ClN3/c9-8-7(10)6(4-11-12-8)5-2-1-3-5/h4-5H,1-3H2,(H2,10,11). The van der Waals surface area contributed by atoms with Gasteiger partial charge in [0.15, 0.2) is 5.15 Å². The van der Waals surface area contributed by atoms with Crippen LogP contribution in [0.5, 0.6) is 0 Å². The van der Waals surface area contributed by atoms with E-state index in [1.54, 1.807) is 6.20 Å². The van der Waals surface area contributed by atoms with Crippen LogP contribution < -0.4 is 5.73 Å². The first-order valence-electron chi connectivity index (χ1n) is 4.05. The molecule has 0 atom stereocenters. The Balaban J connectivity index is 2.36. The third-order valence-corrected chi connectivity index (χ3v) is 2.70. The lowest BCUT2D eigenvalue weighted by atomic mass is 9.80. The molecule has 1 aromatic rings. The van der Waals surface area contributed by atoms with Gasteiger partial charge in [-0.2, -0.15) is 5.10 Å². The van der Waals surface area contributed by atoms with Gasteiger partial charge in [-0.05, 0) is 18.8 Å². The Hall–Kier alpha value is -0.830. The molecule has 1 fully saturated rings. The van der Waals surface area contributed by atoms with Crippen molar-refractivity contribution in [1.29, 1.82) is 0 Å². The van der Waals surface area contributed by atoms with Crippen molar-refractivity contribution in [1.82, 2.24) is 10.2 Å². The molecular weight excluding hydrogens is 174 g/mol. The predicted octanol–water partition coefficient (Wildman–Crippen LogP) is 1.98. The van der Waals surface area contributed by atoms with Crippen LogP contribution >= 0.6 is 11.6 Å². The average Bonchev–Trinajstić information content (AvgIpc) is 1.95. The fourth-order valence-corrected chi connectivity index (χ4v) is 1.58. The number of nitrogens with zero attached hydrogens (tertiary/aromatic N) is 2. The molecule has 4 heteroatoms. The Labute approximate surface area is 75.9 Å². The fourth-order valence-electron chi connectivity index (χ4n) is 1.43. The number of nitrogens with two attached hydrogens (primary N) is 1. The molecule has 0 aliphatic heterocycles. The summed E-state index contributed by atoms with van der Waals surface area (Å²) in [7, 11) is 0. The smallest absolute Gasteiger partial charge is 0.174 e. The number of hydrogen-bond acceptors (Lipinski definition) is 3. The van der Waals surface area contributed by atoms with E-state index in [0.29, 0.717) is 16.8 Å². The molecule has 64 valence electrons. The predicted molar refractivity (Wildman–Crippen MR) is 48.0 cm³/mol. The van der Waals surface area contributed by atoms with Gasteiger partial charge in [0.1, 0.15) is 0 Å². The van der Waals surface area contributed by atoms with Crippen molar-refractivity contribution in [2.24, 2.45) is 0 Å². The van der Waals surface area contributed by atoms with Gasteiger partial charge in [-0.15, -0.1) is 5.10 Å². The number of anilines is 1. The molecule has 0 bridgehead atoms. The minimum atomic E-state index is 0.333. The second kappa shape index (κ2) is 2.90. The first-order valence-corrected chi connectivity index (χ1v) is 4.43. The highest BCUT2D eigenvalue weighted by molar-refractivity contribution is 6.31. The summed E-state index contributed by atoms with van der Waals surface area (Å²) in [5, 5.41) is 7.79. The number of nitrogen functional groups attached to an aromatic ring is 1. The number of rotatable bonds is 1. The summed E-state index contributed by atoms with van der Waals surface area (Å²) in [5.74, 6) is 0.568. The van der Waals surface area contributed by atoms with Crippen molar-refractivity contribution in [3.63, 3.8) is 0 Å². The largest absolute Gasteiger partial charge is 0.396 e. The summed E-state index contributed by atoms with van der Waals surface area (Å²) in [6.07, 6.45) is 5.41. The van der Waals surface area contributed by atoms with Crippen LogP contribution in [0, 0.1) is 0 Å². The van der Waals surface area contributed by atoms with Gasteiger partial charge in [-0.1, -0.05) is 18.0 Å². The second-order valence-electron chi connectivity index (χ2n) is 3.13. The second-order valence-corrected chi connectivity index (χ2v) is 3.49. The molecule has 1 saturated carbocycles. The molecule has 0 spiro atoms. The van der Waals surface area contributed by atoms with Crippen molar-refractivity contribution in [3.05, 3.63) is 16.9 Å². The monoisotopic (exact) mass is 183 g/mol. The molecule has 0 saturated heterocycles. The van der Waals surface area contributed by atoms with E-state index in [2.05, 4.69) is 10.2 Å². The summed E-state index contributed by atoms with van der Waals surface area (Å²) in [6, 6.07) is 0. The third kappa shape index (κ3) is 1.14. The van der Waals surface area contributed by atoms with E-state index >= 15 is 0 Å². The van der Waals surface area contributed by atoms with Crippen LogP contribution in [0.4, 0.5) is 5.69 Å². The number of halogens is 1. The summed E-state index contributed by atoms with van der Waals surface area (Å²) < 4.78 is 0. The van der Waals surface area contributed by atoms with Crippen molar-refractivity contribution in [2.45, 2.75) is 25.2 Å². The molecule has 1 aliphatic rings. The summed E-state index contributed by atoms with van der Waals surface area (Å²) in [6.45, 7) is 0. The minimum Gasteiger partial charge on any atom is -0.396 e. The van der Waals surface area contributed by atoms with Gasteiger partial charge in [0.05, 0.1) is 11.9 Å². The molecule has 1 aromatic heterocycles. The maximum Gasteiger partial charge on any atom is 0.174 e. The van der Waals surface area contributed by atoms with E-state index < -0.39 is 0 Å². The summed E-state index contributed by atoms with van der Waals surface area (Å²) >= 11 is 5.74. The molecule has 1 heterocycles. The SMILES string of the molecule is Nc1c(C2CCC2)cnnc1Cl.